The quantitative estimate of drug-likeness (QED) is 0.836. The number of aromatic nitrogens is 2. The maximum atomic E-state index is 12.3. The van der Waals surface area contributed by atoms with Gasteiger partial charge in [0.15, 0.2) is 15.7 Å². The van der Waals surface area contributed by atoms with E-state index < -0.39 is 15.1 Å². The number of amides is 2. The number of fused-ring (bicyclic) bond motifs is 1. The summed E-state index contributed by atoms with van der Waals surface area (Å²) in [5.41, 5.74) is 0.744. The van der Waals surface area contributed by atoms with E-state index in [4.69, 9.17) is 0 Å². The molecule has 0 radical (unpaired) electrons. The first kappa shape index (κ1) is 16.2. The van der Waals surface area contributed by atoms with Gasteiger partial charge in [-0.25, -0.2) is 13.2 Å². The summed E-state index contributed by atoms with van der Waals surface area (Å²) in [5, 5.41) is 10.5. The molecule has 2 aliphatic rings. The molecule has 2 saturated heterocycles. The number of hydrogen-bond donors (Lipinski definition) is 1. The van der Waals surface area contributed by atoms with Gasteiger partial charge in [-0.2, -0.15) is 5.10 Å². The molecule has 0 aliphatic carbocycles. The van der Waals surface area contributed by atoms with Crippen molar-refractivity contribution in [2.45, 2.75) is 37.9 Å². The molecule has 1 N–H and O–H groups in total. The lowest BCUT2D eigenvalue weighted by Gasteiger charge is -2.19. The third kappa shape index (κ3) is 3.17. The van der Waals surface area contributed by atoms with Crippen LogP contribution in [0.1, 0.15) is 32.9 Å². The summed E-state index contributed by atoms with van der Waals surface area (Å²) in [4.78, 5) is 13.9. The van der Waals surface area contributed by atoms with Crippen LogP contribution in [0.15, 0.2) is 12.1 Å². The number of sulfone groups is 1. The van der Waals surface area contributed by atoms with Gasteiger partial charge in [0.1, 0.15) is 0 Å². The van der Waals surface area contributed by atoms with Gasteiger partial charge in [-0.3, -0.25) is 5.32 Å². The topological polar surface area (TPSA) is 92.3 Å². The molecule has 1 aromatic rings. The van der Waals surface area contributed by atoms with E-state index in [1.165, 1.54) is 0 Å². The third-order valence-corrected chi connectivity index (χ3v) is 6.83. The predicted octanol–water partition coefficient (Wildman–Crippen LogP) is 1.42. The number of likely N-dealkylation sites (tertiary alicyclic amines) is 1. The first-order valence-electron chi connectivity index (χ1n) is 7.78. The van der Waals surface area contributed by atoms with Gasteiger partial charge in [-0.05, 0) is 24.5 Å². The molecule has 126 valence electrons. The fourth-order valence-electron chi connectivity index (χ4n) is 3.15. The molecule has 3 heterocycles. The van der Waals surface area contributed by atoms with Gasteiger partial charge in [0.2, 0.25) is 0 Å². The van der Waals surface area contributed by atoms with Gasteiger partial charge in [0, 0.05) is 18.5 Å². The van der Waals surface area contributed by atoms with Gasteiger partial charge < -0.3 is 4.90 Å². The molecule has 3 rings (SSSR count). The summed E-state index contributed by atoms with van der Waals surface area (Å²) in [6.07, 6.45) is 0.650. The number of nitrogens with one attached hydrogen (secondary N) is 1. The molecule has 2 atom stereocenters. The van der Waals surface area contributed by atoms with Crippen molar-refractivity contribution in [3.63, 3.8) is 0 Å². The van der Waals surface area contributed by atoms with Gasteiger partial charge in [-0.15, -0.1) is 5.10 Å². The molecule has 0 spiro atoms. The summed E-state index contributed by atoms with van der Waals surface area (Å²) in [6.45, 7) is 6.88. The Labute approximate surface area is 136 Å². The summed E-state index contributed by atoms with van der Waals surface area (Å²) in [7, 11) is -3.03. The lowest BCUT2D eigenvalue weighted by Crippen LogP contribution is -2.35. The van der Waals surface area contributed by atoms with E-state index in [9.17, 15) is 13.2 Å². The van der Waals surface area contributed by atoms with Crippen molar-refractivity contribution in [2.75, 3.05) is 24.2 Å². The van der Waals surface area contributed by atoms with Crippen molar-refractivity contribution in [1.82, 2.24) is 15.1 Å². The van der Waals surface area contributed by atoms with Crippen molar-refractivity contribution in [2.24, 2.45) is 5.92 Å². The zero-order valence-electron chi connectivity index (χ0n) is 13.6. The Hall–Kier alpha value is -1.70. The zero-order valence-corrected chi connectivity index (χ0v) is 14.4. The Kier molecular flexibility index (Phi) is 3.82. The number of urea groups is 1. The molecule has 8 heteroatoms. The molecular weight excluding hydrogens is 316 g/mol. The first-order valence-corrected chi connectivity index (χ1v) is 9.50. The van der Waals surface area contributed by atoms with Gasteiger partial charge in [0.25, 0.3) is 0 Å². The van der Waals surface area contributed by atoms with Gasteiger partial charge in [-0.1, -0.05) is 20.8 Å². The van der Waals surface area contributed by atoms with Crippen molar-refractivity contribution < 1.29 is 13.2 Å². The highest BCUT2D eigenvalue weighted by molar-refractivity contribution is 7.92. The smallest absolute Gasteiger partial charge is 0.323 e. The standard InChI is InChI=1S/C15H22N4O3S/c1-15(2,3)12-4-5-13(18-17-12)16-14(20)19-8-10-6-7-23(21,22)11(10)9-19/h4-5,10-11H,6-9H2,1-3H3,(H,16,18,20)/t10-,11+/m0/s1. The average molecular weight is 338 g/mol. The number of anilines is 1. The van der Waals surface area contributed by atoms with Gasteiger partial charge >= 0.3 is 6.03 Å². The molecule has 2 amide bonds. The molecule has 0 bridgehead atoms. The lowest BCUT2D eigenvalue weighted by atomic mass is 9.92. The highest BCUT2D eigenvalue weighted by atomic mass is 32.2. The molecule has 7 nitrogen and oxygen atoms in total. The second-order valence-corrected chi connectivity index (χ2v) is 9.68. The van der Waals surface area contributed by atoms with Crippen LogP contribution >= 0.6 is 0 Å². The molecule has 1 aromatic heterocycles. The summed E-state index contributed by atoms with van der Waals surface area (Å²) in [5.74, 6) is 0.695. The fourth-order valence-corrected chi connectivity index (χ4v) is 5.30. The second kappa shape index (κ2) is 5.43. The van der Waals surface area contributed by atoms with Crippen molar-refractivity contribution in [1.29, 1.82) is 0 Å². The summed E-state index contributed by atoms with van der Waals surface area (Å²) >= 11 is 0. The van der Waals surface area contributed by atoms with E-state index in [1.54, 1.807) is 11.0 Å². The SMILES string of the molecule is CC(C)(C)c1ccc(NC(=O)N2C[C@@H]3CCS(=O)(=O)[C@@H]3C2)nn1. The van der Waals surface area contributed by atoms with Crippen LogP contribution in [0, 0.1) is 5.92 Å². The van der Waals surface area contributed by atoms with E-state index >= 15 is 0 Å². The first-order chi connectivity index (χ1) is 10.7. The number of hydrogen-bond acceptors (Lipinski definition) is 5. The highest BCUT2D eigenvalue weighted by Crippen LogP contribution is 2.33. The Morgan fingerprint density at radius 1 is 1.26 bits per heavy atom. The zero-order chi connectivity index (χ0) is 16.8. The number of nitrogens with zero attached hydrogens (tertiary/aromatic N) is 3. The number of rotatable bonds is 1. The average Bonchev–Trinajstić information content (AvgIpc) is 3.00. The molecule has 0 aromatic carbocycles. The maximum Gasteiger partial charge on any atom is 0.323 e. The lowest BCUT2D eigenvalue weighted by molar-refractivity contribution is 0.220. The van der Waals surface area contributed by atoms with E-state index in [0.29, 0.717) is 18.8 Å². The highest BCUT2D eigenvalue weighted by Gasteiger charge is 2.47. The molecule has 0 saturated carbocycles. The van der Waals surface area contributed by atoms with Crippen LogP contribution in [-0.2, 0) is 15.3 Å². The summed E-state index contributed by atoms with van der Waals surface area (Å²) < 4.78 is 23.8. The fraction of sp³-hybridized carbons (Fsp3) is 0.667. The maximum absolute atomic E-state index is 12.3. The summed E-state index contributed by atoms with van der Waals surface area (Å²) in [6, 6.07) is 3.25. The second-order valence-electron chi connectivity index (χ2n) is 7.34. The van der Waals surface area contributed by atoms with E-state index in [1.807, 2.05) is 26.8 Å². The van der Waals surface area contributed by atoms with Crippen LogP contribution < -0.4 is 5.32 Å². The Morgan fingerprint density at radius 2 is 2.00 bits per heavy atom. The monoisotopic (exact) mass is 338 g/mol. The van der Waals surface area contributed by atoms with E-state index in [-0.39, 0.29) is 29.7 Å². The minimum absolute atomic E-state index is 0.0695. The van der Waals surface area contributed by atoms with Crippen molar-refractivity contribution >= 4 is 21.7 Å². The molecule has 2 aliphatic heterocycles. The van der Waals surface area contributed by atoms with Crippen LogP contribution in [-0.4, -0.2) is 53.6 Å². The van der Waals surface area contributed by atoms with Crippen LogP contribution in [0.5, 0.6) is 0 Å². The molecule has 0 unspecified atom stereocenters. The molecule has 23 heavy (non-hydrogen) atoms. The Morgan fingerprint density at radius 3 is 2.57 bits per heavy atom. The molecule has 2 fully saturated rings. The molecular formula is C15H22N4O3S. The van der Waals surface area contributed by atoms with Gasteiger partial charge in [0.05, 0.1) is 16.7 Å². The third-order valence-electron chi connectivity index (χ3n) is 4.57. The predicted molar refractivity (Wildman–Crippen MR) is 87.0 cm³/mol. The normalized spacial score (nSPS) is 26.1. The van der Waals surface area contributed by atoms with Crippen molar-refractivity contribution in [3.8, 4) is 0 Å². The minimum Gasteiger partial charge on any atom is -0.323 e. The largest absolute Gasteiger partial charge is 0.323 e. The minimum atomic E-state index is -3.03. The number of carbonyl (C=O) groups is 1. The van der Waals surface area contributed by atoms with E-state index in [0.717, 1.165) is 5.69 Å². The van der Waals surface area contributed by atoms with Crippen molar-refractivity contribution in [3.05, 3.63) is 17.8 Å². The van der Waals surface area contributed by atoms with Crippen LogP contribution in [0.25, 0.3) is 0 Å². The van der Waals surface area contributed by atoms with Crippen LogP contribution in [0.2, 0.25) is 0 Å². The number of carbonyl (C=O) groups excluding carboxylic acids is 1. The Balaban J connectivity index is 1.64. The van der Waals surface area contributed by atoms with Crippen LogP contribution in [0.3, 0.4) is 0 Å². The van der Waals surface area contributed by atoms with E-state index in [2.05, 4.69) is 15.5 Å². The Bertz CT molecular complexity index is 709. The van der Waals surface area contributed by atoms with Crippen LogP contribution in [0.4, 0.5) is 10.6 Å².